The summed E-state index contributed by atoms with van der Waals surface area (Å²) in [5.41, 5.74) is 2.97. The molecule has 0 saturated carbocycles. The molecule has 0 radical (unpaired) electrons. The molecule has 1 aliphatic rings. The number of piperidine rings is 1. The van der Waals surface area contributed by atoms with Crippen LogP contribution in [-0.2, 0) is 0 Å². The largest absolute Gasteiger partial charge is 0.356 e. The first kappa shape index (κ1) is 18.3. The smallest absolute Gasteiger partial charge is 0.253 e. The monoisotopic (exact) mass is 380 g/mol. The van der Waals surface area contributed by atoms with Gasteiger partial charge in [0.25, 0.3) is 5.91 Å². The van der Waals surface area contributed by atoms with Crippen molar-refractivity contribution in [1.82, 2.24) is 20.0 Å². The standard InChI is InChI=1S/C21H21FN4O2/c1-13-10-19(28-25-13)18-11-23-14(2)24-20(18)16-4-3-9-26(12-16)21(27)15-5-7-17(22)8-6-15/h5-8,10-11,16H,3-4,9,12H2,1-2H3. The molecule has 0 spiro atoms. The van der Waals surface area contributed by atoms with E-state index >= 15 is 0 Å². The van der Waals surface area contributed by atoms with E-state index in [9.17, 15) is 9.18 Å². The molecule has 4 rings (SSSR count). The first-order valence-corrected chi connectivity index (χ1v) is 9.33. The Balaban J connectivity index is 1.62. The molecular formula is C21H21FN4O2. The Morgan fingerprint density at radius 2 is 2.04 bits per heavy atom. The lowest BCUT2D eigenvalue weighted by Gasteiger charge is -2.33. The highest BCUT2D eigenvalue weighted by Crippen LogP contribution is 2.33. The first-order valence-electron chi connectivity index (χ1n) is 9.33. The van der Waals surface area contributed by atoms with Crippen molar-refractivity contribution < 1.29 is 13.7 Å². The second-order valence-corrected chi connectivity index (χ2v) is 7.15. The molecule has 1 unspecified atom stereocenters. The molecule has 1 fully saturated rings. The van der Waals surface area contributed by atoms with Gasteiger partial charge in [0.15, 0.2) is 5.76 Å². The van der Waals surface area contributed by atoms with Crippen LogP contribution in [0.25, 0.3) is 11.3 Å². The highest BCUT2D eigenvalue weighted by molar-refractivity contribution is 5.94. The van der Waals surface area contributed by atoms with Crippen molar-refractivity contribution in [1.29, 1.82) is 0 Å². The van der Waals surface area contributed by atoms with Crippen LogP contribution in [0.15, 0.2) is 41.1 Å². The van der Waals surface area contributed by atoms with Crippen molar-refractivity contribution in [3.63, 3.8) is 0 Å². The van der Waals surface area contributed by atoms with Crippen LogP contribution < -0.4 is 0 Å². The maximum atomic E-state index is 13.2. The summed E-state index contributed by atoms with van der Waals surface area (Å²) in [5, 5.41) is 3.97. The van der Waals surface area contributed by atoms with E-state index in [1.165, 1.54) is 24.3 Å². The molecular weight excluding hydrogens is 359 g/mol. The third kappa shape index (κ3) is 3.65. The van der Waals surface area contributed by atoms with Gasteiger partial charge in [-0.25, -0.2) is 14.4 Å². The number of rotatable bonds is 3. The van der Waals surface area contributed by atoms with Gasteiger partial charge >= 0.3 is 0 Å². The van der Waals surface area contributed by atoms with Gasteiger partial charge in [-0.2, -0.15) is 0 Å². The van der Waals surface area contributed by atoms with Gasteiger partial charge < -0.3 is 9.42 Å². The van der Waals surface area contributed by atoms with Crippen molar-refractivity contribution in [2.24, 2.45) is 0 Å². The lowest BCUT2D eigenvalue weighted by atomic mass is 9.91. The van der Waals surface area contributed by atoms with E-state index in [1.807, 2.05) is 24.8 Å². The highest BCUT2D eigenvalue weighted by atomic mass is 19.1. The second kappa shape index (κ2) is 7.50. The number of nitrogens with zero attached hydrogens (tertiary/aromatic N) is 4. The normalized spacial score (nSPS) is 17.0. The number of halogens is 1. The van der Waals surface area contributed by atoms with Gasteiger partial charge in [0, 0.05) is 36.8 Å². The van der Waals surface area contributed by atoms with Gasteiger partial charge in [0.1, 0.15) is 11.6 Å². The van der Waals surface area contributed by atoms with Crippen molar-refractivity contribution in [3.8, 4) is 11.3 Å². The van der Waals surface area contributed by atoms with Crippen molar-refractivity contribution in [2.75, 3.05) is 13.1 Å². The molecule has 1 amide bonds. The number of benzene rings is 1. The van der Waals surface area contributed by atoms with Crippen LogP contribution in [0.5, 0.6) is 0 Å². The first-order chi connectivity index (χ1) is 13.5. The van der Waals surface area contributed by atoms with E-state index in [0.717, 1.165) is 29.8 Å². The SMILES string of the molecule is Cc1cc(-c2cnc(C)nc2C2CCCN(C(=O)c3ccc(F)cc3)C2)on1. The summed E-state index contributed by atoms with van der Waals surface area (Å²) in [4.78, 5) is 23.7. The molecule has 0 bridgehead atoms. The molecule has 6 nitrogen and oxygen atoms in total. The van der Waals surface area contributed by atoms with Crippen molar-refractivity contribution in [2.45, 2.75) is 32.6 Å². The molecule has 0 aliphatic carbocycles. The lowest BCUT2D eigenvalue weighted by Crippen LogP contribution is -2.39. The Kier molecular flexibility index (Phi) is 4.90. The van der Waals surface area contributed by atoms with Gasteiger partial charge in [0.05, 0.1) is 17.0 Å². The number of hydrogen-bond donors (Lipinski definition) is 0. The van der Waals surface area contributed by atoms with Crippen LogP contribution in [0.1, 0.15) is 46.3 Å². The quantitative estimate of drug-likeness (QED) is 0.689. The number of carbonyl (C=O) groups excluding carboxylic acids is 1. The topological polar surface area (TPSA) is 72.1 Å². The van der Waals surface area contributed by atoms with Gasteiger partial charge in [-0.1, -0.05) is 5.16 Å². The Morgan fingerprint density at radius 1 is 1.25 bits per heavy atom. The van der Waals surface area contributed by atoms with E-state index in [1.54, 1.807) is 6.20 Å². The average Bonchev–Trinajstić information content (AvgIpc) is 3.14. The van der Waals surface area contributed by atoms with E-state index in [2.05, 4.69) is 15.1 Å². The fourth-order valence-electron chi connectivity index (χ4n) is 3.64. The molecule has 3 heterocycles. The zero-order valence-corrected chi connectivity index (χ0v) is 15.9. The van der Waals surface area contributed by atoms with Gasteiger partial charge in [-0.3, -0.25) is 4.79 Å². The van der Waals surface area contributed by atoms with E-state index in [-0.39, 0.29) is 17.6 Å². The molecule has 3 aromatic rings. The van der Waals surface area contributed by atoms with E-state index in [0.29, 0.717) is 30.2 Å². The average molecular weight is 380 g/mol. The summed E-state index contributed by atoms with van der Waals surface area (Å²) in [7, 11) is 0. The maximum absolute atomic E-state index is 13.2. The maximum Gasteiger partial charge on any atom is 0.253 e. The van der Waals surface area contributed by atoms with Crippen molar-refractivity contribution in [3.05, 3.63) is 65.1 Å². The fourth-order valence-corrected chi connectivity index (χ4v) is 3.64. The molecule has 2 aromatic heterocycles. The Bertz CT molecular complexity index is 1000. The zero-order valence-electron chi connectivity index (χ0n) is 15.9. The predicted octanol–water partition coefficient (Wildman–Crippen LogP) is 3.91. The van der Waals surface area contributed by atoms with Gasteiger partial charge in [0.2, 0.25) is 0 Å². The summed E-state index contributed by atoms with van der Waals surface area (Å²) in [5.74, 6) is 0.941. The van der Waals surface area contributed by atoms with Crippen LogP contribution in [0.2, 0.25) is 0 Å². The van der Waals surface area contributed by atoms with Crippen LogP contribution in [-0.4, -0.2) is 39.0 Å². The molecule has 1 atom stereocenters. The van der Waals surface area contributed by atoms with E-state index < -0.39 is 0 Å². The number of likely N-dealkylation sites (tertiary alicyclic amines) is 1. The summed E-state index contributed by atoms with van der Waals surface area (Å²) in [6.07, 6.45) is 3.55. The minimum Gasteiger partial charge on any atom is -0.356 e. The molecule has 144 valence electrons. The minimum absolute atomic E-state index is 0.0697. The van der Waals surface area contributed by atoms with Gasteiger partial charge in [-0.05, 0) is 51.0 Å². The molecule has 1 aliphatic heterocycles. The second-order valence-electron chi connectivity index (χ2n) is 7.15. The fraction of sp³-hybridized carbons (Fsp3) is 0.333. The third-order valence-electron chi connectivity index (χ3n) is 5.02. The van der Waals surface area contributed by atoms with Crippen LogP contribution in [0.4, 0.5) is 4.39 Å². The number of aryl methyl sites for hydroxylation is 2. The molecule has 7 heteroatoms. The summed E-state index contributed by atoms with van der Waals surface area (Å²) in [6.45, 7) is 4.94. The summed E-state index contributed by atoms with van der Waals surface area (Å²) < 4.78 is 18.6. The number of amides is 1. The number of hydrogen-bond acceptors (Lipinski definition) is 5. The number of aromatic nitrogens is 3. The molecule has 0 N–H and O–H groups in total. The Morgan fingerprint density at radius 3 is 2.75 bits per heavy atom. The lowest BCUT2D eigenvalue weighted by molar-refractivity contribution is 0.0706. The zero-order chi connectivity index (χ0) is 19.7. The van der Waals surface area contributed by atoms with Crippen molar-refractivity contribution >= 4 is 5.91 Å². The molecule has 1 saturated heterocycles. The Hall–Kier alpha value is -3.09. The van der Waals surface area contributed by atoms with Crippen LogP contribution in [0.3, 0.4) is 0 Å². The Labute approximate surface area is 162 Å². The van der Waals surface area contributed by atoms with E-state index in [4.69, 9.17) is 4.52 Å². The van der Waals surface area contributed by atoms with Crippen LogP contribution >= 0.6 is 0 Å². The number of carbonyl (C=O) groups is 1. The van der Waals surface area contributed by atoms with Crippen LogP contribution in [0, 0.1) is 19.7 Å². The van der Waals surface area contributed by atoms with Gasteiger partial charge in [-0.15, -0.1) is 0 Å². The minimum atomic E-state index is -0.350. The predicted molar refractivity (Wildman–Crippen MR) is 101 cm³/mol. The summed E-state index contributed by atoms with van der Waals surface area (Å²) >= 11 is 0. The third-order valence-corrected chi connectivity index (χ3v) is 5.02. The summed E-state index contributed by atoms with van der Waals surface area (Å²) in [6, 6.07) is 7.54. The molecule has 1 aromatic carbocycles. The molecule has 28 heavy (non-hydrogen) atoms. The highest BCUT2D eigenvalue weighted by Gasteiger charge is 2.29.